The van der Waals surface area contributed by atoms with Crippen molar-refractivity contribution in [3.8, 4) is 0 Å². The van der Waals surface area contributed by atoms with Gasteiger partial charge in [-0.05, 0) is 39.7 Å². The van der Waals surface area contributed by atoms with Gasteiger partial charge in [0.25, 0.3) is 0 Å². The first-order chi connectivity index (χ1) is 6.27. The second-order valence-corrected chi connectivity index (χ2v) is 3.59. The van der Waals surface area contributed by atoms with Crippen molar-refractivity contribution in [2.75, 3.05) is 13.7 Å². The molecule has 1 fully saturated rings. The van der Waals surface area contributed by atoms with Crippen LogP contribution in [0.15, 0.2) is 0 Å². The summed E-state index contributed by atoms with van der Waals surface area (Å²) in [6.07, 6.45) is 4.15. The van der Waals surface area contributed by atoms with E-state index in [-0.39, 0.29) is 11.9 Å². The van der Waals surface area contributed by atoms with Crippen LogP contribution in [0.5, 0.6) is 0 Å². The fraction of sp³-hybridized carbons (Fsp3) is 0.900. The van der Waals surface area contributed by atoms with E-state index >= 15 is 0 Å². The molecule has 13 heavy (non-hydrogen) atoms. The second kappa shape index (κ2) is 5.22. The first-order valence-electron chi connectivity index (χ1n) is 5.11. The van der Waals surface area contributed by atoms with Crippen molar-refractivity contribution in [1.29, 1.82) is 0 Å². The molecule has 0 saturated heterocycles. The molecular weight excluding hydrogens is 166 g/mol. The smallest absolute Gasteiger partial charge is 0.308 e. The number of carbonyl (C=O) groups is 1. The van der Waals surface area contributed by atoms with E-state index in [4.69, 9.17) is 4.74 Å². The molecule has 0 aliphatic heterocycles. The minimum atomic E-state index is -0.00273. The summed E-state index contributed by atoms with van der Waals surface area (Å²) >= 11 is 0. The Morgan fingerprint density at radius 3 is 2.46 bits per heavy atom. The number of hydrogen-bond acceptors (Lipinski definition) is 3. The van der Waals surface area contributed by atoms with Crippen LogP contribution in [0.2, 0.25) is 0 Å². The van der Waals surface area contributed by atoms with Gasteiger partial charge in [-0.25, -0.2) is 0 Å². The lowest BCUT2D eigenvalue weighted by atomic mass is 9.86. The van der Waals surface area contributed by atoms with Crippen LogP contribution in [0.4, 0.5) is 0 Å². The van der Waals surface area contributed by atoms with Gasteiger partial charge in [-0.2, -0.15) is 0 Å². The van der Waals surface area contributed by atoms with Gasteiger partial charge in [0, 0.05) is 6.04 Å². The predicted molar refractivity (Wildman–Crippen MR) is 51.4 cm³/mol. The molecule has 0 aromatic carbocycles. The molecule has 0 aromatic heterocycles. The van der Waals surface area contributed by atoms with Gasteiger partial charge < -0.3 is 10.1 Å². The maximum absolute atomic E-state index is 11.4. The van der Waals surface area contributed by atoms with E-state index in [0.29, 0.717) is 12.6 Å². The van der Waals surface area contributed by atoms with Crippen LogP contribution in [-0.2, 0) is 9.53 Å². The van der Waals surface area contributed by atoms with E-state index in [0.717, 1.165) is 25.7 Å². The highest BCUT2D eigenvalue weighted by Gasteiger charge is 2.26. The molecule has 1 saturated carbocycles. The molecule has 0 heterocycles. The maximum Gasteiger partial charge on any atom is 0.308 e. The lowest BCUT2D eigenvalue weighted by Crippen LogP contribution is -2.33. The number of ether oxygens (including phenoxy) is 1. The lowest BCUT2D eigenvalue weighted by Gasteiger charge is -2.26. The van der Waals surface area contributed by atoms with E-state index in [9.17, 15) is 4.79 Å². The van der Waals surface area contributed by atoms with Crippen molar-refractivity contribution in [2.45, 2.75) is 38.6 Å². The number of carbonyl (C=O) groups excluding carboxylic acids is 1. The molecule has 0 unspecified atom stereocenters. The van der Waals surface area contributed by atoms with E-state index < -0.39 is 0 Å². The molecule has 3 nitrogen and oxygen atoms in total. The van der Waals surface area contributed by atoms with Crippen LogP contribution in [0.3, 0.4) is 0 Å². The minimum absolute atomic E-state index is 0.00273. The average molecular weight is 185 g/mol. The van der Waals surface area contributed by atoms with E-state index in [1.54, 1.807) is 0 Å². The second-order valence-electron chi connectivity index (χ2n) is 3.59. The minimum Gasteiger partial charge on any atom is -0.466 e. The standard InChI is InChI=1S/C10H19NO2/c1-3-13-10(12)8-4-6-9(11-2)7-5-8/h8-9,11H,3-7H2,1-2H3. The monoisotopic (exact) mass is 185 g/mol. The van der Waals surface area contributed by atoms with Crippen molar-refractivity contribution in [2.24, 2.45) is 5.92 Å². The zero-order valence-corrected chi connectivity index (χ0v) is 8.51. The normalized spacial score (nSPS) is 28.5. The number of nitrogens with one attached hydrogen (secondary N) is 1. The zero-order chi connectivity index (χ0) is 9.68. The molecule has 1 N–H and O–H groups in total. The highest BCUT2D eigenvalue weighted by Crippen LogP contribution is 2.24. The summed E-state index contributed by atoms with van der Waals surface area (Å²) in [7, 11) is 1.98. The summed E-state index contributed by atoms with van der Waals surface area (Å²) < 4.78 is 4.99. The van der Waals surface area contributed by atoms with Crippen LogP contribution >= 0.6 is 0 Å². The largest absolute Gasteiger partial charge is 0.466 e. The highest BCUT2D eigenvalue weighted by molar-refractivity contribution is 5.72. The van der Waals surface area contributed by atoms with Gasteiger partial charge in [0.15, 0.2) is 0 Å². The molecule has 3 heteroatoms. The topological polar surface area (TPSA) is 38.3 Å². The molecule has 0 aromatic rings. The molecule has 1 aliphatic carbocycles. The molecule has 0 bridgehead atoms. The van der Waals surface area contributed by atoms with Gasteiger partial charge >= 0.3 is 5.97 Å². The van der Waals surface area contributed by atoms with Crippen LogP contribution in [0.25, 0.3) is 0 Å². The third kappa shape index (κ3) is 2.99. The van der Waals surface area contributed by atoms with Crippen LogP contribution in [0, 0.1) is 5.92 Å². The Morgan fingerprint density at radius 2 is 2.00 bits per heavy atom. The van der Waals surface area contributed by atoms with Gasteiger partial charge in [-0.15, -0.1) is 0 Å². The highest BCUT2D eigenvalue weighted by atomic mass is 16.5. The SMILES string of the molecule is CCOC(=O)C1CCC(NC)CC1. The van der Waals surface area contributed by atoms with E-state index in [2.05, 4.69) is 5.32 Å². The van der Waals surface area contributed by atoms with Crippen molar-refractivity contribution in [1.82, 2.24) is 5.32 Å². The van der Waals surface area contributed by atoms with Gasteiger partial charge in [-0.1, -0.05) is 0 Å². The van der Waals surface area contributed by atoms with Gasteiger partial charge in [0.1, 0.15) is 0 Å². The third-order valence-electron chi connectivity index (χ3n) is 2.76. The van der Waals surface area contributed by atoms with Crippen LogP contribution < -0.4 is 5.32 Å². The molecule has 0 amide bonds. The van der Waals surface area contributed by atoms with Crippen molar-refractivity contribution in [3.63, 3.8) is 0 Å². The zero-order valence-electron chi connectivity index (χ0n) is 8.51. The Morgan fingerprint density at radius 1 is 1.38 bits per heavy atom. The van der Waals surface area contributed by atoms with E-state index in [1.807, 2.05) is 14.0 Å². The summed E-state index contributed by atoms with van der Waals surface area (Å²) in [5.41, 5.74) is 0. The Labute approximate surface area is 79.8 Å². The van der Waals surface area contributed by atoms with Gasteiger partial charge in [-0.3, -0.25) is 4.79 Å². The van der Waals surface area contributed by atoms with Gasteiger partial charge in [0.2, 0.25) is 0 Å². The predicted octanol–water partition coefficient (Wildman–Crippen LogP) is 1.33. The number of esters is 1. The molecule has 0 atom stereocenters. The molecular formula is C10H19NO2. The third-order valence-corrected chi connectivity index (χ3v) is 2.76. The van der Waals surface area contributed by atoms with Gasteiger partial charge in [0.05, 0.1) is 12.5 Å². The molecule has 1 rings (SSSR count). The first-order valence-corrected chi connectivity index (χ1v) is 5.11. The summed E-state index contributed by atoms with van der Waals surface area (Å²) in [6, 6.07) is 0.602. The van der Waals surface area contributed by atoms with Crippen molar-refractivity contribution in [3.05, 3.63) is 0 Å². The molecule has 76 valence electrons. The Balaban J connectivity index is 2.28. The van der Waals surface area contributed by atoms with Crippen LogP contribution in [-0.4, -0.2) is 25.7 Å². The average Bonchev–Trinajstić information content (AvgIpc) is 2.18. The summed E-state index contributed by atoms with van der Waals surface area (Å²) in [6.45, 7) is 2.36. The molecule has 0 radical (unpaired) electrons. The summed E-state index contributed by atoms with van der Waals surface area (Å²) in [4.78, 5) is 11.4. The summed E-state index contributed by atoms with van der Waals surface area (Å²) in [5, 5.41) is 3.24. The Bertz CT molecular complexity index is 162. The summed E-state index contributed by atoms with van der Waals surface area (Å²) in [5.74, 6) is 0.154. The fourth-order valence-electron chi connectivity index (χ4n) is 1.88. The molecule has 0 spiro atoms. The van der Waals surface area contributed by atoms with E-state index in [1.165, 1.54) is 0 Å². The fourth-order valence-corrected chi connectivity index (χ4v) is 1.88. The molecule has 1 aliphatic rings. The van der Waals surface area contributed by atoms with Crippen LogP contribution in [0.1, 0.15) is 32.6 Å². The Hall–Kier alpha value is -0.570. The number of hydrogen-bond donors (Lipinski definition) is 1. The Kier molecular flexibility index (Phi) is 4.22. The lowest BCUT2D eigenvalue weighted by molar-refractivity contribution is -0.149. The number of rotatable bonds is 3. The maximum atomic E-state index is 11.4. The van der Waals surface area contributed by atoms with Crippen molar-refractivity contribution >= 4 is 5.97 Å². The van der Waals surface area contributed by atoms with Crippen molar-refractivity contribution < 1.29 is 9.53 Å². The first kappa shape index (κ1) is 10.5. The quantitative estimate of drug-likeness (QED) is 0.674.